The van der Waals surface area contributed by atoms with Crippen LogP contribution < -0.4 is 0 Å². The molecule has 5 heteroatoms. The zero-order valence-electron chi connectivity index (χ0n) is 5.33. The number of rotatable bonds is 1. The molecule has 1 aliphatic rings. The number of sulfone groups is 1. The van der Waals surface area contributed by atoms with Gasteiger partial charge in [-0.2, -0.15) is 0 Å². The molecule has 0 amide bonds. The maximum absolute atomic E-state index is 10.9. The van der Waals surface area contributed by atoms with E-state index in [4.69, 9.17) is 0 Å². The van der Waals surface area contributed by atoms with Gasteiger partial charge in [-0.15, -0.1) is 0 Å². The minimum atomic E-state index is -2.71. The Bertz CT molecular complexity index is 234. The summed E-state index contributed by atoms with van der Waals surface area (Å²) >= 11 is 1.86. The lowest BCUT2D eigenvalue weighted by Crippen LogP contribution is -2.05. The van der Waals surface area contributed by atoms with Crippen molar-refractivity contribution in [3.05, 3.63) is 0 Å². The third kappa shape index (κ3) is 2.19. The molecule has 0 aromatic rings. The fourth-order valence-corrected chi connectivity index (χ4v) is 3.21. The Morgan fingerprint density at radius 3 is 2.70 bits per heavy atom. The molecule has 1 rings (SSSR count). The van der Waals surface area contributed by atoms with E-state index in [0.717, 1.165) is 6.42 Å². The zero-order valence-corrected chi connectivity index (χ0v) is 8.30. The predicted molar refractivity (Wildman–Crippen MR) is 49.3 cm³/mol. The Kier molecular flexibility index (Phi) is 2.67. The molecule has 0 spiro atoms. The van der Waals surface area contributed by atoms with E-state index in [-0.39, 0.29) is 5.92 Å². The third-order valence-corrected chi connectivity index (χ3v) is 3.65. The fraction of sp³-hybridized carbons (Fsp3) is 0.800. The van der Waals surface area contributed by atoms with Gasteiger partial charge in [0.15, 0.2) is 9.84 Å². The summed E-state index contributed by atoms with van der Waals surface area (Å²) in [5.41, 5.74) is 0. The summed E-state index contributed by atoms with van der Waals surface area (Å²) < 4.78 is 25.5. The molecule has 0 aliphatic carbocycles. The molecular formula is C5H8INO2S. The van der Waals surface area contributed by atoms with Gasteiger partial charge in [0.2, 0.25) is 0 Å². The average molecular weight is 273 g/mol. The van der Waals surface area contributed by atoms with Crippen LogP contribution in [0.3, 0.4) is 0 Å². The van der Waals surface area contributed by atoms with Crippen molar-refractivity contribution in [1.82, 2.24) is 0 Å². The molecule has 0 N–H and O–H groups in total. The van der Waals surface area contributed by atoms with Crippen LogP contribution in [-0.4, -0.2) is 26.1 Å². The van der Waals surface area contributed by atoms with Crippen LogP contribution in [0.2, 0.25) is 0 Å². The van der Waals surface area contributed by atoms with E-state index >= 15 is 0 Å². The molecule has 0 aromatic carbocycles. The topological polar surface area (TPSA) is 46.5 Å². The molecule has 1 atom stereocenters. The Labute approximate surface area is 74.3 Å². The minimum Gasteiger partial charge on any atom is -0.229 e. The zero-order chi connectivity index (χ0) is 7.61. The molecule has 1 aliphatic heterocycles. The molecule has 0 saturated carbocycles. The van der Waals surface area contributed by atoms with E-state index in [1.807, 2.05) is 22.9 Å². The average Bonchev–Trinajstić information content (AvgIpc) is 2.12. The molecular weight excluding hydrogens is 265 g/mol. The molecule has 58 valence electrons. The second-order valence-corrected chi connectivity index (χ2v) is 5.20. The largest absolute Gasteiger partial charge is 0.229 e. The summed E-state index contributed by atoms with van der Waals surface area (Å²) in [5, 5.41) is 0. The summed E-state index contributed by atoms with van der Waals surface area (Å²) in [4.78, 5) is 0. The van der Waals surface area contributed by atoms with Gasteiger partial charge in [0, 0.05) is 12.1 Å². The van der Waals surface area contributed by atoms with Gasteiger partial charge < -0.3 is 0 Å². The molecule has 3 nitrogen and oxygen atoms in total. The standard InChI is InChI=1S/C5H8INO2S/c6-7-3-5-1-2-10(8,9)4-5/h3,5H,1-2,4H2. The molecule has 1 fully saturated rings. The normalized spacial score (nSPS) is 31.5. The van der Waals surface area contributed by atoms with Gasteiger partial charge in [0.05, 0.1) is 34.4 Å². The lowest BCUT2D eigenvalue weighted by Gasteiger charge is -1.93. The van der Waals surface area contributed by atoms with Crippen molar-refractivity contribution >= 4 is 38.9 Å². The highest BCUT2D eigenvalue weighted by Gasteiger charge is 2.26. The Morgan fingerprint density at radius 2 is 2.30 bits per heavy atom. The van der Waals surface area contributed by atoms with Crippen LogP contribution in [0, 0.1) is 5.92 Å². The van der Waals surface area contributed by atoms with Crippen LogP contribution >= 0.6 is 22.9 Å². The van der Waals surface area contributed by atoms with Crippen molar-refractivity contribution in [1.29, 1.82) is 0 Å². The monoisotopic (exact) mass is 273 g/mol. The van der Waals surface area contributed by atoms with E-state index in [0.29, 0.717) is 11.5 Å². The van der Waals surface area contributed by atoms with Gasteiger partial charge in [-0.1, -0.05) is 0 Å². The second kappa shape index (κ2) is 3.17. The quantitative estimate of drug-likeness (QED) is 0.525. The predicted octanol–water partition coefficient (Wildman–Crippen LogP) is 0.842. The smallest absolute Gasteiger partial charge is 0.150 e. The number of hydrogen-bond acceptors (Lipinski definition) is 3. The third-order valence-electron chi connectivity index (χ3n) is 1.53. The SMILES string of the molecule is O=S1(=O)CCC(C=NI)C1. The van der Waals surface area contributed by atoms with Crippen molar-refractivity contribution in [2.24, 2.45) is 9.12 Å². The summed E-state index contributed by atoms with van der Waals surface area (Å²) in [6.07, 6.45) is 2.46. The van der Waals surface area contributed by atoms with Crippen molar-refractivity contribution < 1.29 is 8.42 Å². The van der Waals surface area contributed by atoms with Crippen LogP contribution in [0.25, 0.3) is 0 Å². The molecule has 10 heavy (non-hydrogen) atoms. The highest BCUT2D eigenvalue weighted by atomic mass is 127. The molecule has 1 heterocycles. The maximum atomic E-state index is 10.9. The first-order chi connectivity index (χ1) is 4.64. The van der Waals surface area contributed by atoms with Crippen molar-refractivity contribution in [2.45, 2.75) is 6.42 Å². The lowest BCUT2D eigenvalue weighted by molar-refractivity contribution is 0.601. The van der Waals surface area contributed by atoms with Gasteiger partial charge >= 0.3 is 0 Å². The summed E-state index contributed by atoms with van der Waals surface area (Å²) in [7, 11) is -2.71. The van der Waals surface area contributed by atoms with Crippen molar-refractivity contribution in [2.75, 3.05) is 11.5 Å². The Hall–Kier alpha value is 0.350. The molecule has 0 radical (unpaired) electrons. The molecule has 1 unspecified atom stereocenters. The van der Waals surface area contributed by atoms with Gasteiger partial charge in [0.1, 0.15) is 0 Å². The van der Waals surface area contributed by atoms with Crippen LogP contribution in [0.5, 0.6) is 0 Å². The van der Waals surface area contributed by atoms with E-state index < -0.39 is 9.84 Å². The minimum absolute atomic E-state index is 0.168. The first kappa shape index (κ1) is 8.45. The van der Waals surface area contributed by atoms with Crippen molar-refractivity contribution in [3.8, 4) is 0 Å². The molecule has 0 bridgehead atoms. The highest BCUT2D eigenvalue weighted by Crippen LogP contribution is 2.16. The van der Waals surface area contributed by atoms with E-state index in [1.165, 1.54) is 0 Å². The second-order valence-electron chi connectivity index (χ2n) is 2.41. The fourth-order valence-electron chi connectivity index (χ4n) is 1.02. The summed E-state index contributed by atoms with van der Waals surface area (Å²) in [6.45, 7) is 0. The van der Waals surface area contributed by atoms with Gasteiger partial charge in [0.25, 0.3) is 0 Å². The first-order valence-electron chi connectivity index (χ1n) is 2.99. The van der Waals surface area contributed by atoms with Crippen LogP contribution in [0.4, 0.5) is 0 Å². The first-order valence-corrected chi connectivity index (χ1v) is 5.77. The number of halogens is 1. The van der Waals surface area contributed by atoms with Gasteiger partial charge in [-0.25, -0.2) is 11.6 Å². The van der Waals surface area contributed by atoms with E-state index in [2.05, 4.69) is 3.21 Å². The van der Waals surface area contributed by atoms with Crippen LogP contribution in [0.15, 0.2) is 3.21 Å². The number of nitrogens with zero attached hydrogens (tertiary/aromatic N) is 1. The van der Waals surface area contributed by atoms with E-state index in [9.17, 15) is 8.42 Å². The van der Waals surface area contributed by atoms with Crippen LogP contribution in [-0.2, 0) is 9.84 Å². The summed E-state index contributed by atoms with van der Waals surface area (Å²) in [5.74, 6) is 0.793. The lowest BCUT2D eigenvalue weighted by atomic mass is 10.1. The highest BCUT2D eigenvalue weighted by molar-refractivity contribution is 14.1. The maximum Gasteiger partial charge on any atom is 0.150 e. The Balaban J connectivity index is 2.60. The van der Waals surface area contributed by atoms with E-state index in [1.54, 1.807) is 6.21 Å². The van der Waals surface area contributed by atoms with Gasteiger partial charge in [-0.3, -0.25) is 0 Å². The van der Waals surface area contributed by atoms with Gasteiger partial charge in [-0.05, 0) is 6.42 Å². The Morgan fingerprint density at radius 1 is 1.60 bits per heavy atom. The number of hydrogen-bond donors (Lipinski definition) is 0. The molecule has 0 aromatic heterocycles. The summed E-state index contributed by atoms with van der Waals surface area (Å²) in [6, 6.07) is 0. The van der Waals surface area contributed by atoms with Crippen molar-refractivity contribution in [3.63, 3.8) is 0 Å². The molecule has 1 saturated heterocycles. The van der Waals surface area contributed by atoms with Crippen LogP contribution in [0.1, 0.15) is 6.42 Å².